The second kappa shape index (κ2) is 36.0. The van der Waals surface area contributed by atoms with Crippen LogP contribution < -0.4 is 16.0 Å². The minimum absolute atomic E-state index is 0.105. The standard InChI is InChI=1S/C37H69N3O10/c1-32(37(46)47)18-14-15-23-38-34(42)21-22-35(43)40-25-17-27-49-29-31-50-30-28-48-26-16-24-39-33(41)19-12-10-8-6-4-2-3-5-7-9-11-13-20-36(44)45/h32H,2-31H2,1H3,(H,38,42)(H,39,41)(H,40,43)(H,44,45)(H,46,47)/t32-/m0/s1. The molecule has 0 aliphatic heterocycles. The fourth-order valence-corrected chi connectivity index (χ4v) is 5.09. The number of carbonyl (C=O) groups excluding carboxylic acids is 3. The van der Waals surface area contributed by atoms with Crippen LogP contribution in [-0.4, -0.2) is 99.1 Å². The molecule has 0 aromatic heterocycles. The quantitative estimate of drug-likeness (QED) is 0.0519. The smallest absolute Gasteiger partial charge is 0.306 e. The van der Waals surface area contributed by atoms with Crippen molar-refractivity contribution >= 4 is 29.7 Å². The first kappa shape index (κ1) is 47.2. The van der Waals surface area contributed by atoms with E-state index in [1.165, 1.54) is 44.9 Å². The monoisotopic (exact) mass is 715 g/mol. The Morgan fingerprint density at radius 2 is 0.800 bits per heavy atom. The van der Waals surface area contributed by atoms with Crippen LogP contribution in [0.2, 0.25) is 0 Å². The number of hydrogen-bond acceptors (Lipinski definition) is 8. The molecule has 5 N–H and O–H groups in total. The average molecular weight is 716 g/mol. The van der Waals surface area contributed by atoms with Gasteiger partial charge in [-0.1, -0.05) is 77.6 Å². The van der Waals surface area contributed by atoms with E-state index < -0.39 is 11.9 Å². The Hall–Kier alpha value is -2.77. The highest BCUT2D eigenvalue weighted by atomic mass is 16.5. The Morgan fingerprint density at radius 1 is 0.440 bits per heavy atom. The van der Waals surface area contributed by atoms with E-state index in [4.69, 9.17) is 24.4 Å². The number of carbonyl (C=O) groups is 5. The maximum Gasteiger partial charge on any atom is 0.306 e. The average Bonchev–Trinajstić information content (AvgIpc) is 3.08. The van der Waals surface area contributed by atoms with Crippen LogP contribution in [0, 0.1) is 5.92 Å². The molecule has 13 nitrogen and oxygen atoms in total. The van der Waals surface area contributed by atoms with Crippen molar-refractivity contribution in [3.8, 4) is 0 Å². The lowest BCUT2D eigenvalue weighted by atomic mass is 10.0. The summed E-state index contributed by atoms with van der Waals surface area (Å²) in [6, 6.07) is 0. The summed E-state index contributed by atoms with van der Waals surface area (Å²) in [6.07, 6.45) is 18.2. The second-order valence-electron chi connectivity index (χ2n) is 13.0. The van der Waals surface area contributed by atoms with E-state index >= 15 is 0 Å². The number of hydrogen-bond donors (Lipinski definition) is 5. The van der Waals surface area contributed by atoms with Crippen LogP contribution in [0.25, 0.3) is 0 Å². The summed E-state index contributed by atoms with van der Waals surface area (Å²) in [4.78, 5) is 57.0. The van der Waals surface area contributed by atoms with Gasteiger partial charge in [-0.2, -0.15) is 0 Å². The predicted octanol–water partition coefficient (Wildman–Crippen LogP) is 5.38. The number of ether oxygens (including phenoxy) is 3. The third-order valence-electron chi connectivity index (χ3n) is 8.25. The Bertz CT molecular complexity index is 874. The molecule has 0 heterocycles. The minimum atomic E-state index is -0.807. The number of amides is 3. The van der Waals surface area contributed by atoms with E-state index in [2.05, 4.69) is 16.0 Å². The molecule has 1 atom stereocenters. The molecule has 0 aromatic rings. The molecule has 0 bridgehead atoms. The maximum atomic E-state index is 12.0. The maximum absolute atomic E-state index is 12.0. The summed E-state index contributed by atoms with van der Waals surface area (Å²) in [5.74, 6) is -2.14. The van der Waals surface area contributed by atoms with Crippen molar-refractivity contribution in [2.24, 2.45) is 5.92 Å². The summed E-state index contributed by atoms with van der Waals surface area (Å²) in [6.45, 7) is 6.16. The highest BCUT2D eigenvalue weighted by Gasteiger charge is 2.10. The minimum Gasteiger partial charge on any atom is -0.481 e. The van der Waals surface area contributed by atoms with Gasteiger partial charge in [0.1, 0.15) is 0 Å². The highest BCUT2D eigenvalue weighted by Crippen LogP contribution is 2.13. The van der Waals surface area contributed by atoms with Gasteiger partial charge in [0.25, 0.3) is 0 Å². The predicted molar refractivity (Wildman–Crippen MR) is 193 cm³/mol. The van der Waals surface area contributed by atoms with Crippen molar-refractivity contribution in [3.05, 3.63) is 0 Å². The fraction of sp³-hybridized carbons (Fsp3) is 0.865. The van der Waals surface area contributed by atoms with Crippen LogP contribution in [0.1, 0.15) is 142 Å². The molecule has 13 heteroatoms. The molecule has 0 saturated heterocycles. The molecule has 3 amide bonds. The summed E-state index contributed by atoms with van der Waals surface area (Å²) >= 11 is 0. The van der Waals surface area contributed by atoms with Gasteiger partial charge in [-0.05, 0) is 38.5 Å². The molecule has 50 heavy (non-hydrogen) atoms. The van der Waals surface area contributed by atoms with E-state index in [9.17, 15) is 24.0 Å². The molecule has 0 aliphatic carbocycles. The molecule has 0 rings (SSSR count). The van der Waals surface area contributed by atoms with Crippen LogP contribution in [0.4, 0.5) is 0 Å². The van der Waals surface area contributed by atoms with E-state index in [1.54, 1.807) is 6.92 Å². The number of rotatable bonds is 38. The van der Waals surface area contributed by atoms with Crippen LogP contribution in [0.3, 0.4) is 0 Å². The zero-order valence-corrected chi connectivity index (χ0v) is 31.0. The molecule has 0 unspecified atom stereocenters. The van der Waals surface area contributed by atoms with Crippen molar-refractivity contribution in [1.29, 1.82) is 0 Å². The normalized spacial score (nSPS) is 11.6. The van der Waals surface area contributed by atoms with Crippen molar-refractivity contribution in [2.45, 2.75) is 142 Å². The van der Waals surface area contributed by atoms with Gasteiger partial charge in [0.05, 0.1) is 32.3 Å². The Kier molecular flexibility index (Phi) is 34.0. The molecular formula is C37H69N3O10. The lowest BCUT2D eigenvalue weighted by Gasteiger charge is -2.09. The lowest BCUT2D eigenvalue weighted by molar-refractivity contribution is -0.141. The third-order valence-corrected chi connectivity index (χ3v) is 8.25. The first-order valence-electron chi connectivity index (χ1n) is 19.2. The molecule has 0 aliphatic rings. The van der Waals surface area contributed by atoms with Gasteiger partial charge in [0.2, 0.25) is 17.7 Å². The number of unbranched alkanes of at least 4 members (excludes halogenated alkanes) is 12. The van der Waals surface area contributed by atoms with Gasteiger partial charge in [-0.3, -0.25) is 24.0 Å². The number of carboxylic acids is 2. The Morgan fingerprint density at radius 3 is 1.22 bits per heavy atom. The topological polar surface area (TPSA) is 190 Å². The summed E-state index contributed by atoms with van der Waals surface area (Å²) in [5.41, 5.74) is 0. The van der Waals surface area contributed by atoms with Crippen LogP contribution >= 0.6 is 0 Å². The largest absolute Gasteiger partial charge is 0.481 e. The highest BCUT2D eigenvalue weighted by molar-refractivity contribution is 5.83. The van der Waals surface area contributed by atoms with Crippen molar-refractivity contribution in [2.75, 3.05) is 59.3 Å². The first-order chi connectivity index (χ1) is 24.2. The number of nitrogens with one attached hydrogen (secondary N) is 3. The van der Waals surface area contributed by atoms with Gasteiger partial charge in [-0.15, -0.1) is 0 Å². The van der Waals surface area contributed by atoms with Crippen LogP contribution in [-0.2, 0) is 38.2 Å². The second-order valence-corrected chi connectivity index (χ2v) is 13.0. The summed E-state index contributed by atoms with van der Waals surface area (Å²) in [5, 5.41) is 26.0. The third kappa shape index (κ3) is 36.5. The molecule has 0 radical (unpaired) electrons. The summed E-state index contributed by atoms with van der Waals surface area (Å²) in [7, 11) is 0. The summed E-state index contributed by atoms with van der Waals surface area (Å²) < 4.78 is 16.5. The van der Waals surface area contributed by atoms with Crippen LogP contribution in [0.5, 0.6) is 0 Å². The van der Waals surface area contributed by atoms with Gasteiger partial charge in [0.15, 0.2) is 0 Å². The lowest BCUT2D eigenvalue weighted by Crippen LogP contribution is -2.29. The van der Waals surface area contributed by atoms with E-state index in [0.29, 0.717) is 91.4 Å². The molecule has 0 spiro atoms. The van der Waals surface area contributed by atoms with Crippen molar-refractivity contribution in [3.63, 3.8) is 0 Å². The number of carboxylic acid groups (broad SMARTS) is 2. The van der Waals surface area contributed by atoms with Crippen molar-refractivity contribution in [1.82, 2.24) is 16.0 Å². The van der Waals surface area contributed by atoms with Gasteiger partial charge < -0.3 is 40.4 Å². The van der Waals surface area contributed by atoms with Gasteiger partial charge in [-0.25, -0.2) is 0 Å². The van der Waals surface area contributed by atoms with E-state index in [1.807, 2.05) is 0 Å². The Balaban J connectivity index is 3.31. The van der Waals surface area contributed by atoms with E-state index in [0.717, 1.165) is 44.9 Å². The number of aliphatic carboxylic acids is 2. The molecule has 0 aromatic carbocycles. The first-order valence-corrected chi connectivity index (χ1v) is 19.2. The van der Waals surface area contributed by atoms with Gasteiger partial charge in [0, 0.05) is 58.5 Å². The SMILES string of the molecule is C[C@@H](CCCCNC(=O)CCC(=O)NCCCOCCOCCOCCCNC(=O)CCCCCCCCCCCCCCC(=O)O)C(=O)O. The Labute approximate surface area is 300 Å². The van der Waals surface area contributed by atoms with E-state index in [-0.39, 0.29) is 36.5 Å². The van der Waals surface area contributed by atoms with Crippen molar-refractivity contribution < 1.29 is 48.4 Å². The molecule has 0 fully saturated rings. The molecule has 0 saturated carbocycles. The molecule has 292 valence electrons. The zero-order chi connectivity index (χ0) is 36.9. The fourth-order valence-electron chi connectivity index (χ4n) is 5.09. The van der Waals surface area contributed by atoms with Gasteiger partial charge >= 0.3 is 11.9 Å². The zero-order valence-electron chi connectivity index (χ0n) is 31.0. The van der Waals surface area contributed by atoms with Crippen LogP contribution in [0.15, 0.2) is 0 Å². The molecular weight excluding hydrogens is 646 g/mol.